The van der Waals surface area contributed by atoms with Gasteiger partial charge in [0.1, 0.15) is 12.2 Å². The molecule has 0 saturated carbocycles. The van der Waals surface area contributed by atoms with E-state index in [1.165, 1.54) is 37.7 Å². The summed E-state index contributed by atoms with van der Waals surface area (Å²) in [5.41, 5.74) is 2.26. The molecule has 3 nitrogen and oxygen atoms in total. The third-order valence-corrected chi connectivity index (χ3v) is 5.59. The largest absolute Gasteiger partial charge is 0.380 e. The molecule has 1 aliphatic rings. The molecule has 0 aromatic carbocycles. The van der Waals surface area contributed by atoms with Crippen LogP contribution in [0.25, 0.3) is 0 Å². The van der Waals surface area contributed by atoms with Crippen LogP contribution < -0.4 is 0 Å². The van der Waals surface area contributed by atoms with Crippen LogP contribution in [0.15, 0.2) is 28.8 Å². The van der Waals surface area contributed by atoms with E-state index in [-0.39, 0.29) is 6.04 Å². The number of terminal acetylenes is 1. The Labute approximate surface area is 191 Å². The Morgan fingerprint density at radius 1 is 1.10 bits per heavy atom. The Morgan fingerprint density at radius 2 is 1.87 bits per heavy atom. The molecular formula is C28H43NO2. The Kier molecular flexibility index (Phi) is 15.7. The molecule has 1 rings (SSSR count). The van der Waals surface area contributed by atoms with Crippen LogP contribution in [-0.2, 0) is 0 Å². The molecule has 0 aliphatic carbocycles. The fourth-order valence-corrected chi connectivity index (χ4v) is 3.72. The summed E-state index contributed by atoms with van der Waals surface area (Å²) in [4.78, 5) is 4.87. The molecule has 3 heteroatoms. The first-order chi connectivity index (χ1) is 15.1. The van der Waals surface area contributed by atoms with Gasteiger partial charge in [-0.25, -0.2) is 0 Å². The van der Waals surface area contributed by atoms with Gasteiger partial charge < -0.3 is 10.2 Å². The minimum Gasteiger partial charge on any atom is -0.380 e. The van der Waals surface area contributed by atoms with Crippen LogP contribution in [-0.4, -0.2) is 34.2 Å². The van der Waals surface area contributed by atoms with E-state index in [0.717, 1.165) is 50.7 Å². The van der Waals surface area contributed by atoms with E-state index in [0.29, 0.717) is 12.8 Å². The van der Waals surface area contributed by atoms with Crippen molar-refractivity contribution in [1.82, 2.24) is 0 Å². The quantitative estimate of drug-likeness (QED) is 0.199. The Hall–Kier alpha value is -1.81. The fourth-order valence-electron chi connectivity index (χ4n) is 3.72. The molecule has 172 valence electrons. The Morgan fingerprint density at radius 3 is 2.61 bits per heavy atom. The minimum atomic E-state index is -0.709. The third kappa shape index (κ3) is 14.0. The van der Waals surface area contributed by atoms with Crippen molar-refractivity contribution in [3.8, 4) is 24.2 Å². The van der Waals surface area contributed by atoms with Gasteiger partial charge >= 0.3 is 0 Å². The molecule has 0 radical (unpaired) electrons. The van der Waals surface area contributed by atoms with Crippen molar-refractivity contribution in [3.05, 3.63) is 23.8 Å². The Balaban J connectivity index is 2.61. The van der Waals surface area contributed by atoms with Gasteiger partial charge in [-0.3, -0.25) is 4.99 Å². The van der Waals surface area contributed by atoms with Crippen molar-refractivity contribution in [2.45, 2.75) is 122 Å². The molecule has 0 spiro atoms. The molecule has 0 saturated heterocycles. The lowest BCUT2D eigenvalue weighted by molar-refractivity contribution is 0.236. The van der Waals surface area contributed by atoms with E-state index in [1.54, 1.807) is 0 Å². The number of hydrogen-bond acceptors (Lipinski definition) is 3. The average molecular weight is 426 g/mol. The van der Waals surface area contributed by atoms with Crippen LogP contribution in [0, 0.1) is 24.2 Å². The first-order valence-corrected chi connectivity index (χ1v) is 12.3. The van der Waals surface area contributed by atoms with Gasteiger partial charge in [-0.2, -0.15) is 0 Å². The van der Waals surface area contributed by atoms with Crippen molar-refractivity contribution in [2.24, 2.45) is 4.99 Å². The molecule has 0 amide bonds. The number of hydrogen-bond donors (Lipinski definition) is 2. The zero-order valence-electron chi connectivity index (χ0n) is 19.8. The predicted octanol–water partition coefficient (Wildman–Crippen LogP) is 6.15. The standard InChI is InChI=1S/C28H43NO2/c1-4-7-9-10-11-13-18-28(31)22-20-25-16-14-17-26(29-25)23-24(15-12-8-5-2)19-21-27(30)6-3/h3,11,13,19,26-28,30-31H,4-5,7-10,12,14-18,21,23H2,1-2H3/b13-11?,24-19-. The van der Waals surface area contributed by atoms with Crippen molar-refractivity contribution in [1.29, 1.82) is 0 Å². The number of aliphatic hydroxyl groups is 2. The number of aliphatic hydroxyl groups excluding tert-OH is 2. The third-order valence-electron chi connectivity index (χ3n) is 5.59. The maximum Gasteiger partial charge on any atom is 0.118 e. The van der Waals surface area contributed by atoms with E-state index in [2.05, 4.69) is 43.8 Å². The molecule has 0 fully saturated rings. The van der Waals surface area contributed by atoms with Gasteiger partial charge in [0.15, 0.2) is 0 Å². The number of aliphatic imine (C=N–C) groups is 1. The Bertz CT molecular complexity index is 671. The topological polar surface area (TPSA) is 52.8 Å². The molecule has 3 atom stereocenters. The lowest BCUT2D eigenvalue weighted by atomic mass is 9.93. The molecule has 3 unspecified atom stereocenters. The van der Waals surface area contributed by atoms with Gasteiger partial charge in [-0.15, -0.1) is 6.42 Å². The summed E-state index contributed by atoms with van der Waals surface area (Å²) in [6, 6.07) is 0.240. The molecule has 1 aliphatic heterocycles. The summed E-state index contributed by atoms with van der Waals surface area (Å²) in [6.07, 6.45) is 24.7. The summed E-state index contributed by atoms with van der Waals surface area (Å²) in [7, 11) is 0. The SMILES string of the molecule is C#CC(O)C/C=C(/CCCCC)CC1CCCC(C#CC(O)CC=CCCCCC)=N1. The lowest BCUT2D eigenvalue weighted by Crippen LogP contribution is -2.16. The monoisotopic (exact) mass is 425 g/mol. The van der Waals surface area contributed by atoms with Gasteiger partial charge in [0, 0.05) is 12.8 Å². The summed E-state index contributed by atoms with van der Waals surface area (Å²) < 4.78 is 0. The van der Waals surface area contributed by atoms with E-state index in [4.69, 9.17) is 11.4 Å². The van der Waals surface area contributed by atoms with Gasteiger partial charge in [0.2, 0.25) is 0 Å². The summed E-state index contributed by atoms with van der Waals surface area (Å²) in [6.45, 7) is 4.41. The molecular weight excluding hydrogens is 382 g/mol. The second kappa shape index (κ2) is 17.8. The van der Waals surface area contributed by atoms with Crippen LogP contribution in [0.5, 0.6) is 0 Å². The van der Waals surface area contributed by atoms with Crippen LogP contribution in [0.1, 0.15) is 104 Å². The van der Waals surface area contributed by atoms with E-state index >= 15 is 0 Å². The van der Waals surface area contributed by atoms with Crippen LogP contribution >= 0.6 is 0 Å². The van der Waals surface area contributed by atoms with E-state index in [9.17, 15) is 10.2 Å². The van der Waals surface area contributed by atoms with Crippen molar-refractivity contribution < 1.29 is 10.2 Å². The van der Waals surface area contributed by atoms with Crippen LogP contribution in [0.2, 0.25) is 0 Å². The number of rotatable bonds is 14. The minimum absolute atomic E-state index is 0.240. The molecule has 31 heavy (non-hydrogen) atoms. The van der Waals surface area contributed by atoms with Gasteiger partial charge in [-0.05, 0) is 57.3 Å². The highest BCUT2D eigenvalue weighted by Crippen LogP contribution is 2.24. The summed E-state index contributed by atoms with van der Waals surface area (Å²) >= 11 is 0. The smallest absolute Gasteiger partial charge is 0.118 e. The van der Waals surface area contributed by atoms with Gasteiger partial charge in [0.05, 0.1) is 11.8 Å². The van der Waals surface area contributed by atoms with Crippen molar-refractivity contribution >= 4 is 5.71 Å². The maximum absolute atomic E-state index is 10.1. The number of allylic oxidation sites excluding steroid dienone is 1. The van der Waals surface area contributed by atoms with Gasteiger partial charge in [-0.1, -0.05) is 75.2 Å². The molecule has 0 aromatic rings. The normalized spacial score (nSPS) is 18.7. The second-order valence-electron chi connectivity index (χ2n) is 8.55. The fraction of sp³-hybridized carbons (Fsp3) is 0.679. The first-order valence-electron chi connectivity index (χ1n) is 12.3. The summed E-state index contributed by atoms with van der Waals surface area (Å²) in [5.74, 6) is 8.49. The predicted molar refractivity (Wildman–Crippen MR) is 133 cm³/mol. The molecule has 2 N–H and O–H groups in total. The number of unbranched alkanes of at least 4 members (excludes halogenated alkanes) is 5. The highest BCUT2D eigenvalue weighted by Gasteiger charge is 2.16. The van der Waals surface area contributed by atoms with Crippen molar-refractivity contribution in [2.75, 3.05) is 0 Å². The van der Waals surface area contributed by atoms with Gasteiger partial charge in [0.25, 0.3) is 0 Å². The highest BCUT2D eigenvalue weighted by atomic mass is 16.3. The van der Waals surface area contributed by atoms with Crippen molar-refractivity contribution in [3.63, 3.8) is 0 Å². The maximum atomic E-state index is 10.1. The van der Waals surface area contributed by atoms with E-state index in [1.807, 2.05) is 6.08 Å². The van der Waals surface area contributed by atoms with Crippen LogP contribution in [0.4, 0.5) is 0 Å². The second-order valence-corrected chi connectivity index (χ2v) is 8.55. The average Bonchev–Trinajstić information content (AvgIpc) is 2.78. The van der Waals surface area contributed by atoms with E-state index < -0.39 is 12.2 Å². The zero-order valence-corrected chi connectivity index (χ0v) is 19.8. The first kappa shape index (κ1) is 27.2. The molecule has 0 aromatic heterocycles. The lowest BCUT2D eigenvalue weighted by Gasteiger charge is -2.20. The molecule has 1 heterocycles. The highest BCUT2D eigenvalue weighted by molar-refractivity contribution is 6.00. The zero-order chi connectivity index (χ0) is 22.7. The molecule has 0 bridgehead atoms. The summed E-state index contributed by atoms with van der Waals surface area (Å²) in [5, 5.41) is 19.8. The van der Waals surface area contributed by atoms with Crippen LogP contribution in [0.3, 0.4) is 0 Å². The number of nitrogens with zero attached hydrogens (tertiary/aromatic N) is 1.